The van der Waals surface area contributed by atoms with Crippen molar-refractivity contribution in [3.8, 4) is 17.1 Å². The van der Waals surface area contributed by atoms with Gasteiger partial charge < -0.3 is 18.9 Å². The summed E-state index contributed by atoms with van der Waals surface area (Å²) >= 11 is 0. The molecule has 0 amide bonds. The minimum absolute atomic E-state index is 0.155. The van der Waals surface area contributed by atoms with E-state index < -0.39 is 5.79 Å². The largest absolute Gasteiger partial charge is 0.465 e. The Bertz CT molecular complexity index is 871. The van der Waals surface area contributed by atoms with Gasteiger partial charge in [-0.05, 0) is 51.8 Å². The Balaban J connectivity index is 1.84. The zero-order valence-electron chi connectivity index (χ0n) is 17.2. The number of hydrogen-bond donors (Lipinski definition) is 0. The lowest BCUT2D eigenvalue weighted by Crippen LogP contribution is -2.25. The molecule has 0 radical (unpaired) electrons. The van der Waals surface area contributed by atoms with Crippen LogP contribution < -0.4 is 4.74 Å². The number of methoxy groups -OCH3 is 1. The van der Waals surface area contributed by atoms with Crippen molar-refractivity contribution in [3.05, 3.63) is 40.7 Å². The summed E-state index contributed by atoms with van der Waals surface area (Å²) in [6, 6.07) is 5.83. The van der Waals surface area contributed by atoms with Crippen LogP contribution in [0.3, 0.4) is 0 Å². The van der Waals surface area contributed by atoms with Gasteiger partial charge >= 0.3 is 12.0 Å². The number of esters is 1. The molecule has 2 aromatic rings. The van der Waals surface area contributed by atoms with Gasteiger partial charge in [0.25, 0.3) is 0 Å². The zero-order chi connectivity index (χ0) is 20.5. The maximum atomic E-state index is 12.0. The van der Waals surface area contributed by atoms with Gasteiger partial charge in [-0.2, -0.15) is 9.97 Å². The van der Waals surface area contributed by atoms with Gasteiger partial charge in [0.05, 0.1) is 30.7 Å². The number of carbonyl (C=O) groups excluding carboxylic acids is 1. The second kappa shape index (κ2) is 7.85. The lowest BCUT2D eigenvalue weighted by atomic mass is 9.94. The van der Waals surface area contributed by atoms with E-state index in [2.05, 4.69) is 9.97 Å². The predicted molar refractivity (Wildman–Crippen MR) is 103 cm³/mol. The molecule has 0 unspecified atom stereocenters. The first-order valence-corrected chi connectivity index (χ1v) is 9.20. The highest BCUT2D eigenvalue weighted by molar-refractivity contribution is 5.93. The van der Waals surface area contributed by atoms with Crippen LogP contribution in [0, 0.1) is 20.8 Å². The van der Waals surface area contributed by atoms with Crippen molar-refractivity contribution >= 4 is 5.97 Å². The van der Waals surface area contributed by atoms with E-state index in [1.54, 1.807) is 6.07 Å². The SMILES string of the molecule is COC(=O)c1cccc(-c2c(C)nc(OC[C@H]3COC(C)(C)O3)nc2C)c1C. The Hall–Kier alpha value is -2.51. The maximum Gasteiger partial charge on any atom is 0.338 e. The Kier molecular flexibility index (Phi) is 5.67. The van der Waals surface area contributed by atoms with Crippen LogP contribution in [0.4, 0.5) is 0 Å². The van der Waals surface area contributed by atoms with Gasteiger partial charge in [0, 0.05) is 5.56 Å². The summed E-state index contributed by atoms with van der Waals surface area (Å²) in [7, 11) is 1.38. The quantitative estimate of drug-likeness (QED) is 0.729. The molecule has 0 aliphatic carbocycles. The van der Waals surface area contributed by atoms with E-state index >= 15 is 0 Å². The molecule has 0 N–H and O–H groups in total. The van der Waals surface area contributed by atoms with Crippen LogP contribution >= 0.6 is 0 Å². The third kappa shape index (κ3) is 4.15. The average molecular weight is 386 g/mol. The molecular formula is C21H26N2O5. The molecule has 150 valence electrons. The number of rotatable bonds is 5. The van der Waals surface area contributed by atoms with Crippen molar-refractivity contribution in [3.63, 3.8) is 0 Å². The molecule has 28 heavy (non-hydrogen) atoms. The third-order valence-electron chi connectivity index (χ3n) is 4.72. The van der Waals surface area contributed by atoms with E-state index in [1.165, 1.54) is 7.11 Å². The van der Waals surface area contributed by atoms with Gasteiger partial charge in [0.1, 0.15) is 12.7 Å². The molecule has 7 heteroatoms. The van der Waals surface area contributed by atoms with Crippen LogP contribution in [-0.2, 0) is 14.2 Å². The molecule has 2 heterocycles. The van der Waals surface area contributed by atoms with Crippen LogP contribution in [0.25, 0.3) is 11.1 Å². The van der Waals surface area contributed by atoms with Gasteiger partial charge in [0.2, 0.25) is 0 Å². The van der Waals surface area contributed by atoms with Crippen LogP contribution in [0.15, 0.2) is 18.2 Å². The van der Waals surface area contributed by atoms with Gasteiger partial charge in [-0.15, -0.1) is 0 Å². The molecule has 1 aromatic heterocycles. The predicted octanol–water partition coefficient (Wildman–Crippen LogP) is 3.39. The summed E-state index contributed by atoms with van der Waals surface area (Å²) in [6.07, 6.45) is -0.155. The number of aromatic nitrogens is 2. The second-order valence-electron chi connectivity index (χ2n) is 7.28. The van der Waals surface area contributed by atoms with E-state index in [9.17, 15) is 4.79 Å². The summed E-state index contributed by atoms with van der Waals surface area (Å²) in [5.41, 5.74) is 4.70. The summed E-state index contributed by atoms with van der Waals surface area (Å²) < 4.78 is 21.9. The van der Waals surface area contributed by atoms with Crippen molar-refractivity contribution in [2.75, 3.05) is 20.3 Å². The van der Waals surface area contributed by atoms with Crippen molar-refractivity contribution < 1.29 is 23.7 Å². The lowest BCUT2D eigenvalue weighted by Gasteiger charge is -2.18. The summed E-state index contributed by atoms with van der Waals surface area (Å²) in [6.45, 7) is 10.2. The molecule has 1 aliphatic heterocycles. The molecule has 1 atom stereocenters. The van der Waals surface area contributed by atoms with Gasteiger partial charge in [0.15, 0.2) is 5.79 Å². The van der Waals surface area contributed by atoms with Crippen molar-refractivity contribution in [2.24, 2.45) is 0 Å². The summed E-state index contributed by atoms with van der Waals surface area (Å²) in [5.74, 6) is -0.954. The van der Waals surface area contributed by atoms with E-state index in [0.29, 0.717) is 24.8 Å². The first-order chi connectivity index (χ1) is 13.2. The summed E-state index contributed by atoms with van der Waals surface area (Å²) in [5, 5.41) is 0. The normalized spacial score (nSPS) is 18.1. The van der Waals surface area contributed by atoms with E-state index in [4.69, 9.17) is 18.9 Å². The van der Waals surface area contributed by atoms with Crippen molar-refractivity contribution in [1.82, 2.24) is 9.97 Å². The highest BCUT2D eigenvalue weighted by atomic mass is 16.7. The minimum Gasteiger partial charge on any atom is -0.465 e. The number of benzene rings is 1. The number of carbonyl (C=O) groups is 1. The fourth-order valence-corrected chi connectivity index (χ4v) is 3.39. The average Bonchev–Trinajstić information content (AvgIpc) is 2.99. The lowest BCUT2D eigenvalue weighted by molar-refractivity contribution is -0.141. The van der Waals surface area contributed by atoms with Gasteiger partial charge in [-0.3, -0.25) is 0 Å². The smallest absolute Gasteiger partial charge is 0.338 e. The Morgan fingerprint density at radius 3 is 2.46 bits per heavy atom. The number of ether oxygens (including phenoxy) is 4. The highest BCUT2D eigenvalue weighted by Crippen LogP contribution is 2.31. The molecule has 0 spiro atoms. The molecule has 3 rings (SSSR count). The topological polar surface area (TPSA) is 79.8 Å². The van der Waals surface area contributed by atoms with Gasteiger partial charge in [-0.1, -0.05) is 12.1 Å². The standard InChI is InChI=1S/C21H26N2O5/c1-12-16(8-7-9-17(12)19(24)25-6)18-13(2)22-20(23-14(18)3)26-10-15-11-27-21(4,5)28-15/h7-9,15H,10-11H2,1-6H3/t15-/m0/s1. The van der Waals surface area contributed by atoms with Crippen LogP contribution in [-0.4, -0.2) is 48.2 Å². The minimum atomic E-state index is -0.591. The van der Waals surface area contributed by atoms with E-state index in [1.807, 2.05) is 46.8 Å². The second-order valence-corrected chi connectivity index (χ2v) is 7.28. The highest BCUT2D eigenvalue weighted by Gasteiger charge is 2.33. The molecule has 7 nitrogen and oxygen atoms in total. The monoisotopic (exact) mass is 386 g/mol. The molecule has 1 aliphatic rings. The number of nitrogens with zero attached hydrogens (tertiary/aromatic N) is 2. The fraction of sp³-hybridized carbons (Fsp3) is 0.476. The first kappa shape index (κ1) is 20.2. The molecule has 0 saturated carbocycles. The molecule has 1 saturated heterocycles. The van der Waals surface area contributed by atoms with Crippen LogP contribution in [0.5, 0.6) is 6.01 Å². The number of hydrogen-bond acceptors (Lipinski definition) is 7. The Labute approximate surface area is 165 Å². The third-order valence-corrected chi connectivity index (χ3v) is 4.72. The zero-order valence-corrected chi connectivity index (χ0v) is 17.2. The first-order valence-electron chi connectivity index (χ1n) is 9.20. The van der Waals surface area contributed by atoms with Crippen LogP contribution in [0.2, 0.25) is 0 Å². The molecule has 1 aromatic carbocycles. The molecular weight excluding hydrogens is 360 g/mol. The van der Waals surface area contributed by atoms with E-state index in [0.717, 1.165) is 28.1 Å². The van der Waals surface area contributed by atoms with Crippen molar-refractivity contribution in [2.45, 2.75) is 46.5 Å². The van der Waals surface area contributed by atoms with Crippen molar-refractivity contribution in [1.29, 1.82) is 0 Å². The Morgan fingerprint density at radius 1 is 1.21 bits per heavy atom. The molecule has 0 bridgehead atoms. The maximum absolute atomic E-state index is 12.0. The Morgan fingerprint density at radius 2 is 1.89 bits per heavy atom. The molecule has 1 fully saturated rings. The number of aryl methyl sites for hydroxylation is 2. The fourth-order valence-electron chi connectivity index (χ4n) is 3.39. The van der Waals surface area contributed by atoms with Crippen LogP contribution in [0.1, 0.15) is 41.2 Å². The summed E-state index contributed by atoms with van der Waals surface area (Å²) in [4.78, 5) is 21.0. The van der Waals surface area contributed by atoms with Gasteiger partial charge in [-0.25, -0.2) is 4.79 Å². The van der Waals surface area contributed by atoms with E-state index in [-0.39, 0.29) is 12.1 Å².